The Morgan fingerprint density at radius 3 is 2.75 bits per heavy atom. The van der Waals surface area contributed by atoms with E-state index in [-0.39, 0.29) is 12.1 Å². The number of H-pyrrole nitrogens is 1. The number of nitriles is 1. The van der Waals surface area contributed by atoms with Crippen molar-refractivity contribution < 1.29 is 9.13 Å². The first-order valence-corrected chi connectivity index (χ1v) is 7.51. The van der Waals surface area contributed by atoms with Crippen molar-refractivity contribution in [3.8, 4) is 17.2 Å². The summed E-state index contributed by atoms with van der Waals surface area (Å²) in [6.07, 6.45) is -0.180. The van der Waals surface area contributed by atoms with Gasteiger partial charge in [0.15, 0.2) is 0 Å². The number of nitrogens with one attached hydrogen (secondary N) is 1. The van der Waals surface area contributed by atoms with Crippen LogP contribution in [0.1, 0.15) is 24.4 Å². The van der Waals surface area contributed by atoms with Gasteiger partial charge in [0.25, 0.3) is 0 Å². The van der Waals surface area contributed by atoms with Crippen molar-refractivity contribution in [3.05, 3.63) is 53.6 Å². The number of benzene rings is 2. The zero-order valence-corrected chi connectivity index (χ0v) is 13.4. The first kappa shape index (κ1) is 16.1. The predicted octanol–water partition coefficient (Wildman–Crippen LogP) is 3.28. The molecule has 3 rings (SSSR count). The van der Waals surface area contributed by atoms with Gasteiger partial charge >= 0.3 is 0 Å². The van der Waals surface area contributed by atoms with Crippen LogP contribution >= 0.6 is 0 Å². The van der Waals surface area contributed by atoms with Crippen molar-refractivity contribution in [2.75, 3.05) is 7.11 Å². The number of nitrogens with two attached hydrogens (primary N) is 1. The lowest BCUT2D eigenvalue weighted by molar-refractivity contribution is 0.0935. The zero-order valence-electron chi connectivity index (χ0n) is 13.4. The molecule has 0 spiro atoms. The number of aromatic nitrogens is 2. The minimum atomic E-state index is -0.433. The molecule has 0 aliphatic heterocycles. The number of ether oxygens (including phenoxy) is 1. The smallest absolute Gasteiger partial charge is 0.132 e. The fraction of sp³-hybridized carbons (Fsp3) is 0.222. The minimum absolute atomic E-state index is 0.180. The summed E-state index contributed by atoms with van der Waals surface area (Å²) in [5.41, 5.74) is 9.05. The van der Waals surface area contributed by atoms with Crippen LogP contribution in [0.5, 0.6) is 0 Å². The number of aromatic amines is 1. The van der Waals surface area contributed by atoms with Gasteiger partial charge in [0.2, 0.25) is 0 Å². The number of fused-ring (bicyclic) bond motifs is 1. The molecule has 0 aliphatic carbocycles. The Bertz CT molecular complexity index is 928. The fourth-order valence-corrected chi connectivity index (χ4v) is 2.54. The molecule has 5 nitrogen and oxygen atoms in total. The van der Waals surface area contributed by atoms with E-state index >= 15 is 0 Å². The molecule has 0 saturated heterocycles. The molecule has 6 heteroatoms. The van der Waals surface area contributed by atoms with Gasteiger partial charge in [-0.05, 0) is 36.8 Å². The number of nitrogens with zero attached hydrogens (tertiary/aromatic N) is 2. The van der Waals surface area contributed by atoms with Gasteiger partial charge in [-0.15, -0.1) is 0 Å². The third kappa shape index (κ3) is 2.87. The molecule has 122 valence electrons. The van der Waals surface area contributed by atoms with E-state index in [1.807, 2.05) is 25.1 Å². The van der Waals surface area contributed by atoms with Crippen LogP contribution in [0.3, 0.4) is 0 Å². The highest BCUT2D eigenvalue weighted by Crippen LogP contribution is 2.27. The summed E-state index contributed by atoms with van der Waals surface area (Å²) in [7, 11) is 1.60. The van der Waals surface area contributed by atoms with Gasteiger partial charge < -0.3 is 15.5 Å². The second kappa shape index (κ2) is 6.40. The highest BCUT2D eigenvalue weighted by molar-refractivity contribution is 5.82. The summed E-state index contributed by atoms with van der Waals surface area (Å²) < 4.78 is 19.4. The Balaban J connectivity index is 2.02. The maximum absolute atomic E-state index is 14.2. The van der Waals surface area contributed by atoms with Crippen molar-refractivity contribution >= 4 is 11.0 Å². The zero-order chi connectivity index (χ0) is 17.3. The molecule has 2 aromatic carbocycles. The van der Waals surface area contributed by atoms with E-state index in [4.69, 9.17) is 15.7 Å². The van der Waals surface area contributed by atoms with Crippen LogP contribution < -0.4 is 5.73 Å². The highest BCUT2D eigenvalue weighted by atomic mass is 19.1. The summed E-state index contributed by atoms with van der Waals surface area (Å²) in [6.45, 7) is 1.87. The monoisotopic (exact) mass is 324 g/mol. The number of halogens is 1. The number of hydrogen-bond acceptors (Lipinski definition) is 4. The number of methoxy groups -OCH3 is 1. The lowest BCUT2D eigenvalue weighted by Crippen LogP contribution is -2.26. The molecule has 24 heavy (non-hydrogen) atoms. The van der Waals surface area contributed by atoms with E-state index < -0.39 is 5.82 Å². The molecule has 0 fully saturated rings. The van der Waals surface area contributed by atoms with E-state index in [1.165, 1.54) is 6.07 Å². The topological polar surface area (TPSA) is 87.7 Å². The molecule has 0 saturated carbocycles. The summed E-state index contributed by atoms with van der Waals surface area (Å²) in [6, 6.07) is 11.4. The van der Waals surface area contributed by atoms with Crippen molar-refractivity contribution in [1.82, 2.24) is 9.97 Å². The first-order valence-electron chi connectivity index (χ1n) is 7.51. The normalized spacial score (nSPS) is 13.6. The van der Waals surface area contributed by atoms with Crippen LogP contribution in [0.4, 0.5) is 4.39 Å². The summed E-state index contributed by atoms with van der Waals surface area (Å²) in [5, 5.41) is 8.83. The highest BCUT2D eigenvalue weighted by Gasteiger charge is 2.18. The Hall–Kier alpha value is -2.75. The van der Waals surface area contributed by atoms with Crippen LogP contribution in [0.15, 0.2) is 36.4 Å². The fourth-order valence-electron chi connectivity index (χ4n) is 2.54. The minimum Gasteiger partial charge on any atom is -0.380 e. The lowest BCUT2D eigenvalue weighted by atomic mass is 10.0. The van der Waals surface area contributed by atoms with Crippen molar-refractivity contribution in [3.63, 3.8) is 0 Å². The Morgan fingerprint density at radius 2 is 2.08 bits per heavy atom. The average Bonchev–Trinajstić information content (AvgIpc) is 3.03. The largest absolute Gasteiger partial charge is 0.380 e. The van der Waals surface area contributed by atoms with E-state index in [2.05, 4.69) is 9.97 Å². The maximum atomic E-state index is 14.2. The third-order valence-corrected chi connectivity index (χ3v) is 4.10. The molecule has 1 aromatic heterocycles. The van der Waals surface area contributed by atoms with Gasteiger partial charge in [0.05, 0.1) is 34.8 Å². The molecular formula is C18H17FN4O. The van der Waals surface area contributed by atoms with Crippen molar-refractivity contribution in [2.45, 2.75) is 19.1 Å². The molecule has 0 radical (unpaired) electrons. The molecule has 0 bridgehead atoms. The molecule has 3 aromatic rings. The molecule has 2 atom stereocenters. The van der Waals surface area contributed by atoms with Gasteiger partial charge in [-0.3, -0.25) is 0 Å². The molecule has 1 heterocycles. The number of imidazole rings is 1. The summed E-state index contributed by atoms with van der Waals surface area (Å²) >= 11 is 0. The molecular weight excluding hydrogens is 307 g/mol. The SMILES string of the molecule is COC(C)C(N)c1nc2ccc(-c3ccc(C#N)cc3F)cc2[nH]1. The van der Waals surface area contributed by atoms with Gasteiger partial charge in [-0.25, -0.2) is 9.37 Å². The van der Waals surface area contributed by atoms with E-state index in [9.17, 15) is 4.39 Å². The van der Waals surface area contributed by atoms with Gasteiger partial charge in [0.1, 0.15) is 11.6 Å². The van der Waals surface area contributed by atoms with Crippen LogP contribution in [-0.4, -0.2) is 23.2 Å². The molecule has 0 amide bonds. The maximum Gasteiger partial charge on any atom is 0.132 e. The quantitative estimate of drug-likeness (QED) is 0.771. The Kier molecular flexibility index (Phi) is 4.30. The van der Waals surface area contributed by atoms with Gasteiger partial charge in [-0.2, -0.15) is 5.26 Å². The van der Waals surface area contributed by atoms with E-state index in [1.54, 1.807) is 25.3 Å². The Morgan fingerprint density at radius 1 is 1.29 bits per heavy atom. The summed E-state index contributed by atoms with van der Waals surface area (Å²) in [4.78, 5) is 7.64. The molecule has 3 N–H and O–H groups in total. The average molecular weight is 324 g/mol. The number of hydrogen-bond donors (Lipinski definition) is 2. The number of rotatable bonds is 4. The van der Waals surface area contributed by atoms with Crippen molar-refractivity contribution in [1.29, 1.82) is 5.26 Å². The predicted molar refractivity (Wildman–Crippen MR) is 89.6 cm³/mol. The standard InChI is InChI=1S/C18H17FN4O/c1-10(24-2)17(21)18-22-15-6-4-12(8-16(15)23-18)13-5-3-11(9-20)7-14(13)19/h3-8,10,17H,21H2,1-2H3,(H,22,23). The Labute approximate surface area is 138 Å². The van der Waals surface area contributed by atoms with E-state index in [0.717, 1.165) is 11.0 Å². The molecule has 0 aliphatic rings. The van der Waals surface area contributed by atoms with Crippen LogP contribution in [0, 0.1) is 17.1 Å². The van der Waals surface area contributed by atoms with Crippen LogP contribution in [0.25, 0.3) is 22.2 Å². The first-order chi connectivity index (χ1) is 11.5. The van der Waals surface area contributed by atoms with Gasteiger partial charge in [-0.1, -0.05) is 12.1 Å². The molecule has 2 unspecified atom stereocenters. The van der Waals surface area contributed by atoms with Gasteiger partial charge in [0, 0.05) is 12.7 Å². The van der Waals surface area contributed by atoms with Crippen LogP contribution in [-0.2, 0) is 4.74 Å². The second-order valence-corrected chi connectivity index (χ2v) is 5.63. The third-order valence-electron chi connectivity index (χ3n) is 4.10. The summed E-state index contributed by atoms with van der Waals surface area (Å²) in [5.74, 6) is 0.189. The van der Waals surface area contributed by atoms with Crippen molar-refractivity contribution in [2.24, 2.45) is 5.73 Å². The van der Waals surface area contributed by atoms with Crippen LogP contribution in [0.2, 0.25) is 0 Å². The second-order valence-electron chi connectivity index (χ2n) is 5.63. The lowest BCUT2D eigenvalue weighted by Gasteiger charge is -2.15. The van der Waals surface area contributed by atoms with E-state index in [0.29, 0.717) is 22.5 Å².